The Morgan fingerprint density at radius 2 is 1.46 bits per heavy atom. The highest BCUT2D eigenvalue weighted by atomic mass is 32.2. The second-order valence-corrected chi connectivity index (χ2v) is 21.5. The third kappa shape index (κ3) is 4.90. The fourth-order valence-corrected chi connectivity index (χ4v) is 15.3. The fourth-order valence-electron chi connectivity index (χ4n) is 9.22. The predicted molar refractivity (Wildman–Crippen MR) is 182 cm³/mol. The number of hydrogen-bond acceptors (Lipinski definition) is 6. The van der Waals surface area contributed by atoms with Gasteiger partial charge in [0.1, 0.15) is 12.1 Å². The summed E-state index contributed by atoms with van der Waals surface area (Å²) in [5.74, 6) is -0.372. The van der Waals surface area contributed by atoms with Crippen LogP contribution in [-0.4, -0.2) is 53.4 Å². The van der Waals surface area contributed by atoms with Crippen molar-refractivity contribution < 1.29 is 27.2 Å². The average Bonchev–Trinajstić information content (AvgIpc) is 3.04. The van der Waals surface area contributed by atoms with Gasteiger partial charge in [-0.2, -0.15) is 0 Å². The Hall–Kier alpha value is -2.91. The molecule has 2 aliphatic carbocycles. The van der Waals surface area contributed by atoms with Crippen LogP contribution in [0.15, 0.2) is 95.9 Å². The van der Waals surface area contributed by atoms with Gasteiger partial charge in [0.2, 0.25) is 0 Å². The Balaban J connectivity index is 1.36. The molecule has 2 aliphatic heterocycles. The van der Waals surface area contributed by atoms with E-state index in [-0.39, 0.29) is 27.4 Å². The molecule has 2 saturated carbocycles. The maximum atomic E-state index is 14.1. The number of ether oxygens (including phenoxy) is 1. The van der Waals surface area contributed by atoms with E-state index < -0.39 is 46.6 Å². The summed E-state index contributed by atoms with van der Waals surface area (Å²) in [5.41, 5.74) is -2.34. The normalized spacial score (nSPS) is 29.0. The van der Waals surface area contributed by atoms with Gasteiger partial charge in [-0.15, -0.1) is 0 Å². The highest BCUT2D eigenvalue weighted by Crippen LogP contribution is 2.69. The third-order valence-corrected chi connectivity index (χ3v) is 18.5. The van der Waals surface area contributed by atoms with E-state index in [1.807, 2.05) is 12.1 Å². The summed E-state index contributed by atoms with van der Waals surface area (Å²) >= 11 is 0. The zero-order valence-electron chi connectivity index (χ0n) is 27.6. The number of benzene rings is 3. The van der Waals surface area contributed by atoms with Crippen LogP contribution < -0.4 is 10.4 Å². The maximum Gasteiger partial charge on any atom is 0.261 e. The first-order valence-electron chi connectivity index (χ1n) is 16.4. The molecule has 3 aromatic carbocycles. The fraction of sp³-hybridized carbons (Fsp3) is 0.474. The molecular weight excluding hydrogens is 613 g/mol. The number of fused-ring (bicyclic) bond motifs is 1. The van der Waals surface area contributed by atoms with Crippen molar-refractivity contribution in [3.63, 3.8) is 0 Å². The van der Waals surface area contributed by atoms with Gasteiger partial charge in [0.15, 0.2) is 9.84 Å². The largest absolute Gasteiger partial charge is 0.407 e. The van der Waals surface area contributed by atoms with Crippen molar-refractivity contribution in [1.82, 2.24) is 0 Å². The first-order chi connectivity index (χ1) is 21.8. The third-order valence-electron chi connectivity index (χ3n) is 11.7. The summed E-state index contributed by atoms with van der Waals surface area (Å²) in [6.45, 7) is 11.2. The maximum absolute atomic E-state index is 14.1. The summed E-state index contributed by atoms with van der Waals surface area (Å²) in [4.78, 5) is 27.6. The molecule has 4 aliphatic rings. The molecule has 0 aromatic heterocycles. The molecule has 2 heterocycles. The minimum atomic E-state index is -3.65. The van der Waals surface area contributed by atoms with Gasteiger partial charge >= 0.3 is 0 Å². The van der Waals surface area contributed by atoms with Crippen molar-refractivity contribution in [1.29, 1.82) is 0 Å². The number of sulfone groups is 1. The molecule has 7 rings (SSSR count). The molecule has 244 valence electrons. The number of carbonyl (C=O) groups excluding carboxylic acids is 2. The lowest BCUT2D eigenvalue weighted by molar-refractivity contribution is -0.298. The lowest BCUT2D eigenvalue weighted by Gasteiger charge is -2.70. The molecule has 2 saturated heterocycles. The smallest absolute Gasteiger partial charge is 0.261 e. The molecule has 8 heteroatoms. The molecule has 46 heavy (non-hydrogen) atoms. The molecule has 3 aromatic rings. The van der Waals surface area contributed by atoms with E-state index in [4.69, 9.17) is 9.16 Å². The monoisotopic (exact) mass is 658 g/mol. The summed E-state index contributed by atoms with van der Waals surface area (Å²) in [6, 6.07) is 29.3. The van der Waals surface area contributed by atoms with Gasteiger partial charge in [0.05, 0.1) is 33.7 Å². The SMILES string of the molecule is CC1(C)[C@@H]2C[C@@]3(CCO[Si](c4ccccc4)(c4ccccc4)C(C)(C)C)C(=O)CC[C@]1(C=O)[C@H]3O[C@H]2CS(=O)(=O)c1ccccc1. The van der Waals surface area contributed by atoms with Crippen LogP contribution in [0.25, 0.3) is 0 Å². The van der Waals surface area contributed by atoms with E-state index in [2.05, 4.69) is 83.1 Å². The summed E-state index contributed by atoms with van der Waals surface area (Å²) in [6.07, 6.45) is 1.32. The standard InChI is InChI=1S/C38H46O6SSi/c1-35(2,3)46(29-17-11-7-12-18-29,30-19-13-8-14-20-30)43-24-23-37-25-31-32(26-45(41,42)28-15-9-6-10-16-28)44-34(37)38(27-39,36(31,4)5)22-21-33(37)40/h6-20,27,31-32,34H,21-26H2,1-5H3/t31-,32+,34+,37+,38+/m1/s1. The second-order valence-electron chi connectivity index (χ2n) is 15.2. The van der Waals surface area contributed by atoms with Crippen LogP contribution in [0, 0.1) is 22.2 Å². The van der Waals surface area contributed by atoms with Crippen molar-refractivity contribution in [2.45, 2.75) is 82.4 Å². The Morgan fingerprint density at radius 1 is 0.913 bits per heavy atom. The topological polar surface area (TPSA) is 86.7 Å². The highest BCUT2D eigenvalue weighted by Gasteiger charge is 2.74. The van der Waals surface area contributed by atoms with Gasteiger partial charge in [-0.05, 0) is 58.1 Å². The number of hydrogen-bond donors (Lipinski definition) is 0. The van der Waals surface area contributed by atoms with Crippen LogP contribution in [-0.2, 0) is 28.6 Å². The molecule has 4 fully saturated rings. The van der Waals surface area contributed by atoms with Crippen molar-refractivity contribution in [2.75, 3.05) is 12.4 Å². The number of aldehydes is 1. The van der Waals surface area contributed by atoms with Gasteiger partial charge in [-0.1, -0.05) is 113 Å². The zero-order valence-corrected chi connectivity index (χ0v) is 29.4. The highest BCUT2D eigenvalue weighted by molar-refractivity contribution is 7.91. The second kappa shape index (κ2) is 11.7. The molecule has 0 unspecified atom stereocenters. The van der Waals surface area contributed by atoms with E-state index in [1.54, 1.807) is 30.3 Å². The zero-order chi connectivity index (χ0) is 33.0. The Bertz CT molecular complexity index is 1650. The molecule has 6 nitrogen and oxygen atoms in total. The summed E-state index contributed by atoms with van der Waals surface area (Å²) in [5, 5.41) is 2.10. The van der Waals surface area contributed by atoms with Crippen LogP contribution in [0.3, 0.4) is 0 Å². The van der Waals surface area contributed by atoms with Crippen LogP contribution in [0.2, 0.25) is 5.04 Å². The number of rotatable bonds is 10. The first-order valence-corrected chi connectivity index (χ1v) is 20.0. The van der Waals surface area contributed by atoms with Gasteiger partial charge in [0, 0.05) is 13.0 Å². The lowest BCUT2D eigenvalue weighted by atomic mass is 9.38. The van der Waals surface area contributed by atoms with E-state index in [0.717, 1.165) is 16.7 Å². The van der Waals surface area contributed by atoms with Crippen LogP contribution in [0.4, 0.5) is 0 Å². The summed E-state index contributed by atoms with van der Waals surface area (Å²) in [7, 11) is -6.51. The number of carbonyl (C=O) groups is 2. The summed E-state index contributed by atoms with van der Waals surface area (Å²) < 4.78 is 41.1. The number of ketones is 1. The van der Waals surface area contributed by atoms with Gasteiger partial charge < -0.3 is 14.0 Å². The van der Waals surface area contributed by atoms with Crippen molar-refractivity contribution in [2.24, 2.45) is 22.2 Å². The van der Waals surface area contributed by atoms with Crippen LogP contribution in [0.1, 0.15) is 60.3 Å². The predicted octanol–water partition coefficient (Wildman–Crippen LogP) is 5.78. The quantitative estimate of drug-likeness (QED) is 0.203. The average molecular weight is 659 g/mol. The Kier molecular flexibility index (Phi) is 8.36. The molecule has 0 N–H and O–H groups in total. The minimum Gasteiger partial charge on any atom is -0.407 e. The van der Waals surface area contributed by atoms with Gasteiger partial charge in [0.25, 0.3) is 8.32 Å². The Labute approximate surface area is 275 Å². The van der Waals surface area contributed by atoms with E-state index >= 15 is 0 Å². The minimum absolute atomic E-state index is 0.103. The van der Waals surface area contributed by atoms with Crippen molar-refractivity contribution in [3.05, 3.63) is 91.0 Å². The first kappa shape index (κ1) is 33.0. The van der Waals surface area contributed by atoms with E-state index in [9.17, 15) is 18.0 Å². The van der Waals surface area contributed by atoms with Crippen molar-refractivity contribution in [3.8, 4) is 0 Å². The van der Waals surface area contributed by atoms with Crippen LogP contribution >= 0.6 is 0 Å². The van der Waals surface area contributed by atoms with Gasteiger partial charge in [-0.25, -0.2) is 8.42 Å². The molecule has 0 spiro atoms. The van der Waals surface area contributed by atoms with Gasteiger partial charge in [-0.3, -0.25) is 4.79 Å². The van der Waals surface area contributed by atoms with E-state index in [0.29, 0.717) is 32.3 Å². The molecule has 0 amide bonds. The number of Topliss-reactive ketones (excluding diaryl/α,β-unsaturated/α-hetero) is 1. The Morgan fingerprint density at radius 3 is 1.98 bits per heavy atom. The molecule has 4 bridgehead atoms. The lowest BCUT2D eigenvalue weighted by Crippen LogP contribution is -2.75. The van der Waals surface area contributed by atoms with Crippen molar-refractivity contribution >= 4 is 40.6 Å². The van der Waals surface area contributed by atoms with Crippen LogP contribution in [0.5, 0.6) is 0 Å². The molecular formula is C38H46O6SSi. The molecule has 5 atom stereocenters. The van der Waals surface area contributed by atoms with E-state index in [1.165, 1.54) is 0 Å². The molecule has 0 radical (unpaired) electrons.